The van der Waals surface area contributed by atoms with E-state index in [1.54, 1.807) is 0 Å². The molecule has 0 aliphatic heterocycles. The maximum atomic E-state index is 12.6. The third-order valence-corrected chi connectivity index (χ3v) is 18.0. The average molecular weight is 1150 g/mol. The highest BCUT2D eigenvalue weighted by molar-refractivity contribution is 5.63. The number of anilines is 2. The number of nitrogens with zero attached hydrogens (tertiary/aromatic N) is 2. The second-order valence-electron chi connectivity index (χ2n) is 24.4. The Morgan fingerprint density at radius 1 is 0.458 bits per heavy atom. The van der Waals surface area contributed by atoms with E-state index in [9.17, 15) is 10.2 Å². The van der Waals surface area contributed by atoms with Gasteiger partial charge in [0.15, 0.2) is 0 Å². The monoisotopic (exact) mass is 1150 g/mol. The Morgan fingerprint density at radius 3 is 1.49 bits per heavy atom. The van der Waals surface area contributed by atoms with Gasteiger partial charge in [0.25, 0.3) is 0 Å². The van der Waals surface area contributed by atoms with Gasteiger partial charge in [0, 0.05) is 58.8 Å². The van der Waals surface area contributed by atoms with Crippen LogP contribution in [0.15, 0.2) is 84.9 Å². The summed E-state index contributed by atoms with van der Waals surface area (Å²) in [5.74, 6) is 1.47. The zero-order valence-corrected chi connectivity index (χ0v) is 53.0. The zero-order chi connectivity index (χ0) is 59.1. The molecule has 0 saturated heterocycles. The molecule has 4 atom stereocenters. The molecular formula is C71H112N4O8. The highest BCUT2D eigenvalue weighted by atomic mass is 16.5. The summed E-state index contributed by atoms with van der Waals surface area (Å²) in [5.41, 5.74) is 9.37. The Hall–Kier alpha value is -4.24. The van der Waals surface area contributed by atoms with Gasteiger partial charge in [-0.25, -0.2) is 0 Å². The van der Waals surface area contributed by atoms with Crippen molar-refractivity contribution in [2.75, 3.05) is 130 Å². The lowest BCUT2D eigenvalue weighted by Crippen LogP contribution is -2.39. The van der Waals surface area contributed by atoms with Crippen LogP contribution in [0.4, 0.5) is 11.4 Å². The highest BCUT2D eigenvalue weighted by Crippen LogP contribution is 2.53. The van der Waals surface area contributed by atoms with Gasteiger partial charge in [0.2, 0.25) is 0 Å². The number of ether oxygens (including phenoxy) is 6. The standard InChI is InChI=1S/C71H112N4O8/c1-9-13-32-70(33-14-10-2)36-30-56-28-29-60(74(5)6)54-62(56)67(69(70)77)59-26-23-27-61(52-59)82-50-48-80-46-44-78-42-40-72-38-21-18-22-39-73-41-43-79-45-47-81-49-51-83-65-53-58-31-37-71(34-15-11-3,35-16-12-4)68(76)66(57-24-19-17-20-25-57)63(58)55-64(65)75(7)8/h17,19-20,23-29,52-55,66-69,72-73,76-77H,9-16,18,21-22,30-51H2,1-8H3/t66-,67-,68-,69-/m0/s1. The van der Waals surface area contributed by atoms with Crippen LogP contribution in [-0.2, 0) is 31.8 Å². The minimum atomic E-state index is -0.478. The van der Waals surface area contributed by atoms with E-state index in [-0.39, 0.29) is 22.7 Å². The second kappa shape index (κ2) is 37.3. The Morgan fingerprint density at radius 2 is 0.952 bits per heavy atom. The molecule has 12 heteroatoms. The van der Waals surface area contributed by atoms with Gasteiger partial charge in [-0.2, -0.15) is 0 Å². The molecule has 0 radical (unpaired) electrons. The van der Waals surface area contributed by atoms with Crippen LogP contribution in [0.2, 0.25) is 0 Å². The lowest BCUT2D eigenvalue weighted by molar-refractivity contribution is -0.00646. The Kier molecular flexibility index (Phi) is 30.5. The molecule has 0 fully saturated rings. The number of aliphatic hydroxyl groups excluding tert-OH is 2. The molecule has 0 saturated carbocycles. The molecule has 2 aliphatic carbocycles. The number of benzene rings is 4. The van der Waals surface area contributed by atoms with Crippen LogP contribution in [-0.4, -0.2) is 143 Å². The molecule has 4 aromatic rings. The molecule has 4 aromatic carbocycles. The number of rotatable bonds is 42. The van der Waals surface area contributed by atoms with Crippen molar-refractivity contribution in [2.45, 2.75) is 174 Å². The molecule has 6 rings (SSSR count). The molecule has 12 nitrogen and oxygen atoms in total. The summed E-state index contributed by atoms with van der Waals surface area (Å²) in [7, 11) is 8.32. The van der Waals surface area contributed by atoms with Crippen molar-refractivity contribution in [1.82, 2.24) is 10.6 Å². The van der Waals surface area contributed by atoms with E-state index in [1.807, 2.05) is 6.07 Å². The first-order valence-corrected chi connectivity index (χ1v) is 32.6. The third kappa shape index (κ3) is 20.7. The first-order chi connectivity index (χ1) is 40.5. The Balaban J connectivity index is 0.779. The number of unbranched alkanes of at least 4 members (excludes halogenated alkanes) is 6. The van der Waals surface area contributed by atoms with Crippen LogP contribution in [0.3, 0.4) is 0 Å². The summed E-state index contributed by atoms with van der Waals surface area (Å²) < 4.78 is 36.2. The molecule has 0 spiro atoms. The molecule has 83 heavy (non-hydrogen) atoms. The van der Waals surface area contributed by atoms with Crippen molar-refractivity contribution in [1.29, 1.82) is 0 Å². The number of hydrogen-bond acceptors (Lipinski definition) is 12. The van der Waals surface area contributed by atoms with Crippen LogP contribution < -0.4 is 29.9 Å². The van der Waals surface area contributed by atoms with Crippen LogP contribution >= 0.6 is 0 Å². The largest absolute Gasteiger partial charge is 0.491 e. The summed E-state index contributed by atoms with van der Waals surface area (Å²) in [4.78, 5) is 4.29. The molecule has 0 unspecified atom stereocenters. The van der Waals surface area contributed by atoms with Crippen LogP contribution in [0.5, 0.6) is 11.5 Å². The van der Waals surface area contributed by atoms with Crippen molar-refractivity contribution in [3.8, 4) is 11.5 Å². The summed E-state index contributed by atoms with van der Waals surface area (Å²) >= 11 is 0. The third-order valence-electron chi connectivity index (χ3n) is 18.0. The van der Waals surface area contributed by atoms with Crippen molar-refractivity contribution in [3.05, 3.63) is 118 Å². The zero-order valence-electron chi connectivity index (χ0n) is 53.0. The predicted octanol–water partition coefficient (Wildman–Crippen LogP) is 13.3. The fourth-order valence-corrected chi connectivity index (χ4v) is 13.0. The van der Waals surface area contributed by atoms with E-state index < -0.39 is 12.2 Å². The first kappa shape index (κ1) is 67.9. The second-order valence-corrected chi connectivity index (χ2v) is 24.4. The number of aliphatic hydroxyl groups is 2. The molecule has 2 aliphatic rings. The van der Waals surface area contributed by atoms with Crippen LogP contribution in [0.1, 0.15) is 182 Å². The molecule has 464 valence electrons. The fraction of sp³-hybridized carbons (Fsp3) is 0.662. The minimum absolute atomic E-state index is 0.0889. The van der Waals surface area contributed by atoms with Crippen molar-refractivity contribution >= 4 is 11.4 Å². The Bertz CT molecular complexity index is 2370. The van der Waals surface area contributed by atoms with E-state index in [4.69, 9.17) is 28.4 Å². The summed E-state index contributed by atoms with van der Waals surface area (Å²) in [6, 6.07) is 30.5. The van der Waals surface area contributed by atoms with E-state index in [2.05, 4.69) is 155 Å². The average Bonchev–Trinajstić information content (AvgIpc) is 2.69. The van der Waals surface area contributed by atoms with Gasteiger partial charge in [0.05, 0.1) is 70.8 Å². The quantitative estimate of drug-likeness (QED) is 0.0249. The smallest absolute Gasteiger partial charge is 0.142 e. The van der Waals surface area contributed by atoms with Crippen LogP contribution in [0.25, 0.3) is 0 Å². The normalized spacial score (nSPS) is 18.2. The number of nitrogens with one attached hydrogen (secondary N) is 2. The van der Waals surface area contributed by atoms with E-state index in [0.29, 0.717) is 66.1 Å². The first-order valence-electron chi connectivity index (χ1n) is 32.6. The maximum absolute atomic E-state index is 12.6. The maximum Gasteiger partial charge on any atom is 0.142 e. The summed E-state index contributed by atoms with van der Waals surface area (Å²) in [5, 5.41) is 32.1. The number of fused-ring (bicyclic) bond motifs is 2. The molecule has 0 aromatic heterocycles. The SMILES string of the molecule is CCCCC1(CCCC)CCc2ccc(N(C)C)cc2[C@H](c2cccc(OCCOCCOCCNCCCCCNCCOCCOCCOc3cc4c(cc3N(C)C)[C@H](c3ccccc3)[C@H](O)C(CCCC)(CCCC)CC4)c2)[C@@H]1O. The van der Waals surface area contributed by atoms with Crippen molar-refractivity contribution in [2.24, 2.45) is 10.8 Å². The van der Waals surface area contributed by atoms with E-state index in [0.717, 1.165) is 170 Å². The molecular weight excluding hydrogens is 1040 g/mol. The lowest BCUT2D eigenvalue weighted by atomic mass is 9.66. The number of aryl methyl sites for hydroxylation is 2. The topological polar surface area (TPSA) is 126 Å². The predicted molar refractivity (Wildman–Crippen MR) is 344 cm³/mol. The fourth-order valence-electron chi connectivity index (χ4n) is 13.0. The summed E-state index contributed by atoms with van der Waals surface area (Å²) in [6.07, 6.45) is 19.7. The molecule has 0 amide bonds. The van der Waals surface area contributed by atoms with Gasteiger partial charge in [-0.05, 0) is 158 Å². The highest BCUT2D eigenvalue weighted by Gasteiger charge is 2.46. The lowest BCUT2D eigenvalue weighted by Gasteiger charge is -2.41. The van der Waals surface area contributed by atoms with E-state index >= 15 is 0 Å². The molecule has 0 bridgehead atoms. The summed E-state index contributed by atoms with van der Waals surface area (Å²) in [6.45, 7) is 18.0. The Labute approximate surface area is 503 Å². The molecule has 0 heterocycles. The van der Waals surface area contributed by atoms with Gasteiger partial charge in [0.1, 0.15) is 24.7 Å². The minimum Gasteiger partial charge on any atom is -0.491 e. The van der Waals surface area contributed by atoms with Gasteiger partial charge in [-0.1, -0.05) is 134 Å². The van der Waals surface area contributed by atoms with E-state index in [1.165, 1.54) is 34.2 Å². The van der Waals surface area contributed by atoms with Gasteiger partial charge in [-0.15, -0.1) is 0 Å². The van der Waals surface area contributed by atoms with Crippen LogP contribution in [0, 0.1) is 10.8 Å². The molecule has 4 N–H and O–H groups in total. The van der Waals surface area contributed by atoms with Crippen molar-refractivity contribution in [3.63, 3.8) is 0 Å². The number of hydrogen-bond donors (Lipinski definition) is 4. The van der Waals surface area contributed by atoms with Gasteiger partial charge < -0.3 is 59.1 Å². The van der Waals surface area contributed by atoms with Gasteiger partial charge in [-0.3, -0.25) is 0 Å². The van der Waals surface area contributed by atoms with Gasteiger partial charge >= 0.3 is 0 Å². The van der Waals surface area contributed by atoms with Crippen molar-refractivity contribution < 1.29 is 38.6 Å².